The van der Waals surface area contributed by atoms with Gasteiger partial charge in [0.05, 0.1) is 24.2 Å². The Morgan fingerprint density at radius 1 is 1.22 bits per heavy atom. The molecule has 1 heterocycles. The Morgan fingerprint density at radius 3 is 2.28 bits per heavy atom. The topological polar surface area (TPSA) is 49.2 Å². The third kappa shape index (κ3) is 3.19. The SMILES string of the molecule is CC(C)c1ncc(N(C)C(C)C(C)C)c(CO)n1. The average molecular weight is 251 g/mol. The van der Waals surface area contributed by atoms with Gasteiger partial charge in [-0.3, -0.25) is 0 Å². The van der Waals surface area contributed by atoms with Gasteiger partial charge in [0.15, 0.2) is 0 Å². The number of rotatable bonds is 5. The molecular formula is C14H25N3O. The molecule has 1 aromatic rings. The summed E-state index contributed by atoms with van der Waals surface area (Å²) in [6, 6.07) is 0.379. The van der Waals surface area contributed by atoms with E-state index in [-0.39, 0.29) is 12.5 Å². The summed E-state index contributed by atoms with van der Waals surface area (Å²) in [5.74, 6) is 1.59. The third-order valence-corrected chi connectivity index (χ3v) is 3.49. The molecule has 102 valence electrons. The van der Waals surface area contributed by atoms with Crippen LogP contribution in [-0.4, -0.2) is 28.2 Å². The maximum atomic E-state index is 9.48. The fourth-order valence-corrected chi connectivity index (χ4v) is 1.78. The zero-order chi connectivity index (χ0) is 13.9. The molecule has 0 aliphatic rings. The predicted octanol–water partition coefficient (Wildman–Crippen LogP) is 2.57. The van der Waals surface area contributed by atoms with E-state index in [0.29, 0.717) is 17.7 Å². The van der Waals surface area contributed by atoms with Gasteiger partial charge in [0.2, 0.25) is 0 Å². The summed E-state index contributed by atoms with van der Waals surface area (Å²) in [4.78, 5) is 11.0. The number of anilines is 1. The van der Waals surface area contributed by atoms with Gasteiger partial charge < -0.3 is 10.0 Å². The lowest BCUT2D eigenvalue weighted by Gasteiger charge is -2.30. The Hall–Kier alpha value is -1.16. The van der Waals surface area contributed by atoms with Gasteiger partial charge in [0.1, 0.15) is 5.82 Å². The first-order valence-electron chi connectivity index (χ1n) is 6.58. The van der Waals surface area contributed by atoms with E-state index in [4.69, 9.17) is 0 Å². The first-order valence-corrected chi connectivity index (χ1v) is 6.58. The fraction of sp³-hybridized carbons (Fsp3) is 0.714. The van der Waals surface area contributed by atoms with Gasteiger partial charge in [-0.2, -0.15) is 0 Å². The van der Waals surface area contributed by atoms with Crippen LogP contribution in [0, 0.1) is 5.92 Å². The van der Waals surface area contributed by atoms with Crippen LogP contribution in [0.2, 0.25) is 0 Å². The van der Waals surface area contributed by atoms with E-state index in [2.05, 4.69) is 49.5 Å². The molecule has 0 radical (unpaired) electrons. The standard InChI is InChI=1S/C14H25N3O/c1-9(2)11(5)17(6)13-7-15-14(10(3)4)16-12(13)8-18/h7,9-11,18H,8H2,1-6H3. The van der Waals surface area contributed by atoms with Crippen LogP contribution in [0.5, 0.6) is 0 Å². The molecule has 0 aromatic carbocycles. The summed E-state index contributed by atoms with van der Waals surface area (Å²) in [5.41, 5.74) is 1.63. The number of nitrogens with zero attached hydrogens (tertiary/aromatic N) is 3. The number of aliphatic hydroxyl groups excluding tert-OH is 1. The summed E-state index contributed by atoms with van der Waals surface area (Å²) >= 11 is 0. The lowest BCUT2D eigenvalue weighted by atomic mass is 10.0. The molecule has 1 rings (SSSR count). The van der Waals surface area contributed by atoms with Crippen molar-refractivity contribution >= 4 is 5.69 Å². The number of aromatic nitrogens is 2. The van der Waals surface area contributed by atoms with Gasteiger partial charge in [-0.05, 0) is 12.8 Å². The first kappa shape index (κ1) is 14.9. The average Bonchev–Trinajstić information content (AvgIpc) is 2.35. The fourth-order valence-electron chi connectivity index (χ4n) is 1.78. The highest BCUT2D eigenvalue weighted by molar-refractivity contribution is 5.49. The van der Waals surface area contributed by atoms with E-state index in [1.807, 2.05) is 13.2 Å². The molecule has 1 aromatic heterocycles. The number of hydrogen-bond acceptors (Lipinski definition) is 4. The number of aliphatic hydroxyl groups is 1. The van der Waals surface area contributed by atoms with Gasteiger partial charge in [-0.15, -0.1) is 0 Å². The van der Waals surface area contributed by atoms with Crippen molar-refractivity contribution in [2.24, 2.45) is 5.92 Å². The minimum absolute atomic E-state index is 0.0489. The Balaban J connectivity index is 3.09. The van der Waals surface area contributed by atoms with Gasteiger partial charge in [0.25, 0.3) is 0 Å². The molecule has 4 heteroatoms. The minimum Gasteiger partial charge on any atom is -0.390 e. The van der Waals surface area contributed by atoms with Crippen LogP contribution >= 0.6 is 0 Å². The van der Waals surface area contributed by atoms with E-state index in [1.165, 1.54) is 0 Å². The molecule has 18 heavy (non-hydrogen) atoms. The normalized spacial score (nSPS) is 13.2. The van der Waals surface area contributed by atoms with Gasteiger partial charge >= 0.3 is 0 Å². The Bertz CT molecular complexity index is 391. The molecule has 1 N–H and O–H groups in total. The molecule has 0 spiro atoms. The van der Waals surface area contributed by atoms with Crippen LogP contribution in [0.25, 0.3) is 0 Å². The quantitative estimate of drug-likeness (QED) is 0.874. The summed E-state index contributed by atoms with van der Waals surface area (Å²) in [7, 11) is 2.03. The van der Waals surface area contributed by atoms with E-state index in [1.54, 1.807) is 0 Å². The summed E-state index contributed by atoms with van der Waals surface area (Å²) in [6.07, 6.45) is 1.83. The van der Waals surface area contributed by atoms with Crippen molar-refractivity contribution in [3.8, 4) is 0 Å². The van der Waals surface area contributed by atoms with E-state index >= 15 is 0 Å². The van der Waals surface area contributed by atoms with Gasteiger partial charge in [-0.25, -0.2) is 9.97 Å². The lowest BCUT2D eigenvalue weighted by Crippen LogP contribution is -2.34. The highest BCUT2D eigenvalue weighted by Crippen LogP contribution is 2.23. The van der Waals surface area contributed by atoms with Gasteiger partial charge in [0, 0.05) is 19.0 Å². The second kappa shape index (κ2) is 6.14. The minimum atomic E-state index is -0.0489. The molecule has 0 saturated carbocycles. The van der Waals surface area contributed by atoms with Crippen molar-refractivity contribution in [1.29, 1.82) is 0 Å². The van der Waals surface area contributed by atoms with Crippen molar-refractivity contribution in [3.63, 3.8) is 0 Å². The van der Waals surface area contributed by atoms with Crippen LogP contribution in [0.15, 0.2) is 6.20 Å². The van der Waals surface area contributed by atoms with Crippen LogP contribution in [0.1, 0.15) is 52.1 Å². The molecule has 0 amide bonds. The molecule has 1 atom stereocenters. The second-order valence-corrected chi connectivity index (χ2v) is 5.47. The van der Waals surface area contributed by atoms with E-state index < -0.39 is 0 Å². The van der Waals surface area contributed by atoms with Crippen molar-refractivity contribution in [2.45, 2.75) is 53.2 Å². The van der Waals surface area contributed by atoms with E-state index in [0.717, 1.165) is 11.5 Å². The van der Waals surface area contributed by atoms with Crippen LogP contribution in [0.3, 0.4) is 0 Å². The number of hydrogen-bond donors (Lipinski definition) is 1. The Kier molecular flexibility index (Phi) is 5.08. The zero-order valence-electron chi connectivity index (χ0n) is 12.3. The second-order valence-electron chi connectivity index (χ2n) is 5.47. The van der Waals surface area contributed by atoms with Crippen molar-refractivity contribution in [3.05, 3.63) is 17.7 Å². The maximum Gasteiger partial charge on any atom is 0.131 e. The predicted molar refractivity (Wildman–Crippen MR) is 74.7 cm³/mol. The van der Waals surface area contributed by atoms with Gasteiger partial charge in [-0.1, -0.05) is 27.7 Å². The highest BCUT2D eigenvalue weighted by Gasteiger charge is 2.18. The molecule has 0 aliphatic heterocycles. The molecule has 0 saturated heterocycles. The summed E-state index contributed by atoms with van der Waals surface area (Å²) < 4.78 is 0. The van der Waals surface area contributed by atoms with Crippen LogP contribution in [0.4, 0.5) is 5.69 Å². The lowest BCUT2D eigenvalue weighted by molar-refractivity contribution is 0.276. The Morgan fingerprint density at radius 2 is 1.83 bits per heavy atom. The molecule has 4 nitrogen and oxygen atoms in total. The first-order chi connectivity index (χ1) is 8.38. The molecule has 0 aliphatic carbocycles. The van der Waals surface area contributed by atoms with Crippen molar-refractivity contribution in [1.82, 2.24) is 9.97 Å². The monoisotopic (exact) mass is 251 g/mol. The summed E-state index contributed by atoms with van der Waals surface area (Å²) in [5, 5.41) is 9.48. The van der Waals surface area contributed by atoms with E-state index in [9.17, 15) is 5.11 Å². The molecule has 0 bridgehead atoms. The van der Waals surface area contributed by atoms with Crippen molar-refractivity contribution in [2.75, 3.05) is 11.9 Å². The largest absolute Gasteiger partial charge is 0.390 e. The molecule has 0 fully saturated rings. The maximum absolute atomic E-state index is 9.48. The van der Waals surface area contributed by atoms with Crippen LogP contribution in [-0.2, 0) is 6.61 Å². The summed E-state index contributed by atoms with van der Waals surface area (Å²) in [6.45, 7) is 10.6. The third-order valence-electron chi connectivity index (χ3n) is 3.49. The van der Waals surface area contributed by atoms with Crippen molar-refractivity contribution < 1.29 is 5.11 Å². The smallest absolute Gasteiger partial charge is 0.131 e. The Labute approximate surface area is 110 Å². The molecular weight excluding hydrogens is 226 g/mol. The highest BCUT2D eigenvalue weighted by atomic mass is 16.3. The van der Waals surface area contributed by atoms with Crippen LogP contribution < -0.4 is 4.90 Å². The molecule has 1 unspecified atom stereocenters. The zero-order valence-corrected chi connectivity index (χ0v) is 12.3.